The molecule has 26 heavy (non-hydrogen) atoms. The van der Waals surface area contributed by atoms with Crippen molar-refractivity contribution < 1.29 is 0 Å². The SMILES string of the molecule is CN(C(=S)CCCc1nnnn1C1CC(Cl)CCC1Cl)C1CCCCC1. The highest BCUT2D eigenvalue weighted by Gasteiger charge is 2.32. The average Bonchev–Trinajstić information content (AvgIpc) is 3.12. The summed E-state index contributed by atoms with van der Waals surface area (Å²) >= 11 is 18.5. The number of rotatable bonds is 6. The third-order valence-corrected chi connectivity index (χ3v) is 7.25. The van der Waals surface area contributed by atoms with Gasteiger partial charge in [0.2, 0.25) is 0 Å². The number of thiocarbonyl (C=S) groups is 1. The highest BCUT2D eigenvalue weighted by atomic mass is 35.5. The zero-order chi connectivity index (χ0) is 18.5. The Morgan fingerprint density at radius 1 is 1.19 bits per heavy atom. The van der Waals surface area contributed by atoms with Gasteiger partial charge in [-0.05, 0) is 55.4 Å². The number of alkyl halides is 2. The van der Waals surface area contributed by atoms with Gasteiger partial charge in [0.25, 0.3) is 0 Å². The van der Waals surface area contributed by atoms with Gasteiger partial charge >= 0.3 is 0 Å². The number of aromatic nitrogens is 4. The van der Waals surface area contributed by atoms with Gasteiger partial charge in [-0.3, -0.25) is 0 Å². The normalized spacial score (nSPS) is 27.4. The molecule has 2 fully saturated rings. The van der Waals surface area contributed by atoms with Crippen LogP contribution in [-0.4, -0.2) is 53.9 Å². The summed E-state index contributed by atoms with van der Waals surface area (Å²) in [5.41, 5.74) is 0. The Balaban J connectivity index is 1.51. The summed E-state index contributed by atoms with van der Waals surface area (Å²) in [5, 5.41) is 12.5. The Labute approximate surface area is 171 Å². The molecule has 3 atom stereocenters. The minimum atomic E-state index is 0.0470. The molecule has 0 saturated heterocycles. The summed E-state index contributed by atoms with van der Waals surface area (Å²) in [6, 6.07) is 0.719. The summed E-state index contributed by atoms with van der Waals surface area (Å²) in [6.45, 7) is 0. The molecule has 2 saturated carbocycles. The Kier molecular flexibility index (Phi) is 7.53. The van der Waals surface area contributed by atoms with Crippen LogP contribution in [0.4, 0.5) is 0 Å². The zero-order valence-electron chi connectivity index (χ0n) is 15.5. The van der Waals surface area contributed by atoms with E-state index in [2.05, 4.69) is 27.5 Å². The van der Waals surface area contributed by atoms with Gasteiger partial charge in [0.1, 0.15) is 0 Å². The summed E-state index contributed by atoms with van der Waals surface area (Å²) in [4.78, 5) is 3.38. The first-order valence-electron chi connectivity index (χ1n) is 9.86. The van der Waals surface area contributed by atoms with E-state index in [0.29, 0.717) is 6.04 Å². The van der Waals surface area contributed by atoms with Crippen molar-refractivity contribution >= 4 is 40.4 Å². The Morgan fingerprint density at radius 2 is 1.96 bits per heavy atom. The molecule has 3 rings (SSSR count). The molecule has 0 bridgehead atoms. The molecule has 8 heteroatoms. The first kappa shape index (κ1) is 20.3. The first-order chi connectivity index (χ1) is 12.6. The van der Waals surface area contributed by atoms with E-state index in [9.17, 15) is 0 Å². The van der Waals surface area contributed by atoms with Crippen LogP contribution in [0.2, 0.25) is 0 Å². The maximum absolute atomic E-state index is 6.52. The van der Waals surface area contributed by atoms with Gasteiger partial charge in [0, 0.05) is 24.9 Å². The molecule has 1 heterocycles. The van der Waals surface area contributed by atoms with E-state index < -0.39 is 0 Å². The maximum Gasteiger partial charge on any atom is 0.151 e. The molecule has 146 valence electrons. The molecular formula is C18H29Cl2N5S. The third kappa shape index (κ3) is 5.08. The van der Waals surface area contributed by atoms with Crippen molar-refractivity contribution in [3.8, 4) is 0 Å². The van der Waals surface area contributed by atoms with Crippen LogP contribution in [0, 0.1) is 0 Å². The lowest BCUT2D eigenvalue weighted by Gasteiger charge is -2.33. The summed E-state index contributed by atoms with van der Waals surface area (Å²) in [5.74, 6) is 0.898. The smallest absolute Gasteiger partial charge is 0.151 e. The largest absolute Gasteiger partial charge is 0.366 e. The fraction of sp³-hybridized carbons (Fsp3) is 0.889. The van der Waals surface area contributed by atoms with Crippen LogP contribution in [0.1, 0.15) is 76.1 Å². The molecule has 0 amide bonds. The van der Waals surface area contributed by atoms with Gasteiger partial charge in [-0.25, -0.2) is 4.68 Å². The highest BCUT2D eigenvalue weighted by Crippen LogP contribution is 2.35. The second-order valence-corrected chi connectivity index (χ2v) is 9.33. The quantitative estimate of drug-likeness (QED) is 0.502. The fourth-order valence-electron chi connectivity index (χ4n) is 4.19. The number of tetrazole rings is 1. The van der Waals surface area contributed by atoms with Crippen molar-refractivity contribution in [2.75, 3.05) is 7.05 Å². The van der Waals surface area contributed by atoms with Crippen LogP contribution < -0.4 is 0 Å². The van der Waals surface area contributed by atoms with Crippen molar-refractivity contribution in [3.05, 3.63) is 5.82 Å². The monoisotopic (exact) mass is 417 g/mol. The summed E-state index contributed by atoms with van der Waals surface area (Å²) in [6.07, 6.45) is 12.0. The molecule has 0 aliphatic heterocycles. The lowest BCUT2D eigenvalue weighted by Crippen LogP contribution is -2.37. The molecule has 0 N–H and O–H groups in total. The third-order valence-electron chi connectivity index (χ3n) is 5.85. The molecule has 0 aromatic carbocycles. The van der Waals surface area contributed by atoms with E-state index in [0.717, 1.165) is 49.3 Å². The summed E-state index contributed by atoms with van der Waals surface area (Å²) in [7, 11) is 2.16. The van der Waals surface area contributed by atoms with Crippen LogP contribution in [0.5, 0.6) is 0 Å². The van der Waals surface area contributed by atoms with Crippen LogP contribution >= 0.6 is 35.4 Å². The second kappa shape index (κ2) is 9.65. The number of hydrogen-bond donors (Lipinski definition) is 0. The minimum absolute atomic E-state index is 0.0470. The van der Waals surface area contributed by atoms with E-state index in [1.807, 2.05) is 4.68 Å². The van der Waals surface area contributed by atoms with Crippen LogP contribution in [0.25, 0.3) is 0 Å². The van der Waals surface area contributed by atoms with Crippen molar-refractivity contribution in [1.82, 2.24) is 25.1 Å². The molecule has 1 aromatic rings. The number of hydrogen-bond acceptors (Lipinski definition) is 4. The van der Waals surface area contributed by atoms with E-state index in [-0.39, 0.29) is 16.8 Å². The second-order valence-electron chi connectivity index (χ2n) is 7.68. The number of halogens is 2. The van der Waals surface area contributed by atoms with Crippen LogP contribution in [0.15, 0.2) is 0 Å². The Bertz CT molecular complexity index is 590. The van der Waals surface area contributed by atoms with Gasteiger partial charge < -0.3 is 4.90 Å². The lowest BCUT2D eigenvalue weighted by molar-refractivity contribution is 0.278. The van der Waals surface area contributed by atoms with Crippen molar-refractivity contribution in [3.63, 3.8) is 0 Å². The predicted molar refractivity (Wildman–Crippen MR) is 110 cm³/mol. The van der Waals surface area contributed by atoms with E-state index in [1.165, 1.54) is 32.1 Å². The van der Waals surface area contributed by atoms with Crippen molar-refractivity contribution in [2.24, 2.45) is 0 Å². The number of nitrogens with zero attached hydrogens (tertiary/aromatic N) is 5. The van der Waals surface area contributed by atoms with E-state index in [1.54, 1.807) is 0 Å². The van der Waals surface area contributed by atoms with Gasteiger partial charge in [0.15, 0.2) is 5.82 Å². The predicted octanol–water partition coefficient (Wildman–Crippen LogP) is 4.53. The van der Waals surface area contributed by atoms with Crippen molar-refractivity contribution in [1.29, 1.82) is 0 Å². The molecule has 2 aliphatic rings. The highest BCUT2D eigenvalue weighted by molar-refractivity contribution is 7.80. The maximum atomic E-state index is 6.52. The van der Waals surface area contributed by atoms with E-state index in [4.69, 9.17) is 35.4 Å². The van der Waals surface area contributed by atoms with Crippen molar-refractivity contribution in [2.45, 2.75) is 93.5 Å². The fourth-order valence-corrected chi connectivity index (χ4v) is 5.13. The molecule has 0 spiro atoms. The molecule has 3 unspecified atom stereocenters. The Hall–Kier alpha value is -0.460. The number of aryl methyl sites for hydroxylation is 1. The van der Waals surface area contributed by atoms with Gasteiger partial charge in [-0.2, -0.15) is 0 Å². The van der Waals surface area contributed by atoms with Crippen LogP contribution in [-0.2, 0) is 6.42 Å². The van der Waals surface area contributed by atoms with Gasteiger partial charge in [0.05, 0.1) is 16.4 Å². The zero-order valence-corrected chi connectivity index (χ0v) is 17.8. The molecular weight excluding hydrogens is 389 g/mol. The average molecular weight is 418 g/mol. The molecule has 2 aliphatic carbocycles. The van der Waals surface area contributed by atoms with E-state index >= 15 is 0 Å². The lowest BCUT2D eigenvalue weighted by atomic mass is 9.94. The first-order valence-corrected chi connectivity index (χ1v) is 11.1. The Morgan fingerprint density at radius 3 is 2.73 bits per heavy atom. The molecule has 1 aromatic heterocycles. The standard InChI is InChI=1S/C18H29Cl2N5S/c1-24(14-6-3-2-4-7-14)18(26)9-5-8-17-21-22-23-25(17)16-12-13(19)10-11-15(16)20/h13-16H,2-12H2,1H3. The van der Waals surface area contributed by atoms with Gasteiger partial charge in [-0.1, -0.05) is 31.5 Å². The molecule has 5 nitrogen and oxygen atoms in total. The molecule has 0 radical (unpaired) electrons. The minimum Gasteiger partial charge on any atom is -0.366 e. The van der Waals surface area contributed by atoms with Crippen LogP contribution in [0.3, 0.4) is 0 Å². The summed E-state index contributed by atoms with van der Waals surface area (Å²) < 4.78 is 1.90. The topological polar surface area (TPSA) is 46.8 Å². The van der Waals surface area contributed by atoms with Gasteiger partial charge in [-0.15, -0.1) is 28.3 Å².